The standard InChI is InChI=1S/C20H25FN4O/c1-13-16-6-4-10-25(15-5-3-9-24(2)12-15)20(16)23-22-19(13)17-8-7-14(21)11-18(17)26/h7-8,11,15,26H,3-6,9-10,12H2,1-2H3/t15-/m1/s1. The van der Waals surface area contributed by atoms with Crippen LogP contribution in [0.4, 0.5) is 10.2 Å². The molecule has 3 heterocycles. The number of hydrogen-bond donors (Lipinski definition) is 1. The van der Waals surface area contributed by atoms with E-state index in [0.717, 1.165) is 49.9 Å². The first-order valence-electron chi connectivity index (χ1n) is 9.35. The van der Waals surface area contributed by atoms with Crippen molar-refractivity contribution in [3.8, 4) is 17.0 Å². The van der Waals surface area contributed by atoms with Gasteiger partial charge in [0.15, 0.2) is 5.82 Å². The number of nitrogens with zero attached hydrogens (tertiary/aromatic N) is 4. The zero-order valence-electron chi connectivity index (χ0n) is 15.4. The number of piperidine rings is 1. The van der Waals surface area contributed by atoms with Crippen molar-refractivity contribution in [2.45, 2.75) is 38.6 Å². The van der Waals surface area contributed by atoms with Gasteiger partial charge < -0.3 is 14.9 Å². The van der Waals surface area contributed by atoms with Gasteiger partial charge in [-0.25, -0.2) is 4.39 Å². The lowest BCUT2D eigenvalue weighted by Crippen LogP contribution is -2.49. The normalized spacial score (nSPS) is 20.9. The Balaban J connectivity index is 1.72. The van der Waals surface area contributed by atoms with Crippen molar-refractivity contribution in [3.05, 3.63) is 35.1 Å². The number of anilines is 1. The van der Waals surface area contributed by atoms with E-state index in [4.69, 9.17) is 0 Å². The van der Waals surface area contributed by atoms with Gasteiger partial charge in [-0.15, -0.1) is 10.2 Å². The minimum Gasteiger partial charge on any atom is -0.507 e. The van der Waals surface area contributed by atoms with Crippen molar-refractivity contribution in [2.75, 3.05) is 31.6 Å². The molecule has 0 amide bonds. The Kier molecular flexibility index (Phi) is 4.53. The lowest BCUT2D eigenvalue weighted by molar-refractivity contribution is 0.242. The molecule has 6 heteroatoms. The lowest BCUT2D eigenvalue weighted by Gasteiger charge is -2.41. The van der Waals surface area contributed by atoms with E-state index < -0.39 is 5.82 Å². The van der Waals surface area contributed by atoms with E-state index in [0.29, 0.717) is 17.3 Å². The molecule has 138 valence electrons. The minimum absolute atomic E-state index is 0.0936. The first-order chi connectivity index (χ1) is 12.5. The van der Waals surface area contributed by atoms with Crippen LogP contribution in [0.1, 0.15) is 30.4 Å². The van der Waals surface area contributed by atoms with Crippen LogP contribution in [0.25, 0.3) is 11.3 Å². The second-order valence-corrected chi connectivity index (χ2v) is 7.49. The van der Waals surface area contributed by atoms with Crippen LogP contribution in [0, 0.1) is 12.7 Å². The van der Waals surface area contributed by atoms with Crippen molar-refractivity contribution in [1.82, 2.24) is 15.1 Å². The first kappa shape index (κ1) is 17.2. The fraction of sp³-hybridized carbons (Fsp3) is 0.500. The van der Waals surface area contributed by atoms with Crippen LogP contribution in [0.15, 0.2) is 18.2 Å². The molecule has 26 heavy (non-hydrogen) atoms. The second-order valence-electron chi connectivity index (χ2n) is 7.49. The summed E-state index contributed by atoms with van der Waals surface area (Å²) < 4.78 is 13.3. The summed E-state index contributed by atoms with van der Waals surface area (Å²) in [5.74, 6) is 0.436. The van der Waals surface area contributed by atoms with Gasteiger partial charge >= 0.3 is 0 Å². The summed E-state index contributed by atoms with van der Waals surface area (Å²) in [6.45, 7) is 5.26. The van der Waals surface area contributed by atoms with Crippen LogP contribution < -0.4 is 4.90 Å². The summed E-state index contributed by atoms with van der Waals surface area (Å²) in [5.41, 5.74) is 3.42. The smallest absolute Gasteiger partial charge is 0.155 e. The maximum Gasteiger partial charge on any atom is 0.155 e. The molecule has 1 saturated heterocycles. The van der Waals surface area contributed by atoms with Gasteiger partial charge in [0, 0.05) is 36.3 Å². The van der Waals surface area contributed by atoms with Gasteiger partial charge in [-0.1, -0.05) is 0 Å². The van der Waals surface area contributed by atoms with Gasteiger partial charge in [0.1, 0.15) is 11.6 Å². The Morgan fingerprint density at radius 1 is 1.19 bits per heavy atom. The number of benzene rings is 1. The molecule has 0 radical (unpaired) electrons. The Bertz CT molecular complexity index is 826. The molecular weight excluding hydrogens is 331 g/mol. The molecule has 2 aliphatic heterocycles. The molecule has 2 aliphatic rings. The molecule has 0 bridgehead atoms. The van der Waals surface area contributed by atoms with Gasteiger partial charge in [0.2, 0.25) is 0 Å². The van der Waals surface area contributed by atoms with E-state index in [2.05, 4.69) is 27.0 Å². The number of aromatic nitrogens is 2. The van der Waals surface area contributed by atoms with Gasteiger partial charge in [-0.2, -0.15) is 0 Å². The van der Waals surface area contributed by atoms with Crippen LogP contribution in [0.5, 0.6) is 5.75 Å². The summed E-state index contributed by atoms with van der Waals surface area (Å²) >= 11 is 0. The van der Waals surface area contributed by atoms with E-state index >= 15 is 0 Å². The molecule has 1 atom stereocenters. The zero-order chi connectivity index (χ0) is 18.3. The van der Waals surface area contributed by atoms with Gasteiger partial charge in [0.05, 0.1) is 5.69 Å². The highest BCUT2D eigenvalue weighted by molar-refractivity contribution is 5.72. The number of phenols is 1. The first-order valence-corrected chi connectivity index (χ1v) is 9.35. The molecule has 0 unspecified atom stereocenters. The number of fused-ring (bicyclic) bond motifs is 1. The molecular formula is C20H25FN4O. The largest absolute Gasteiger partial charge is 0.507 e. The third kappa shape index (κ3) is 3.03. The molecule has 0 aliphatic carbocycles. The predicted octanol–water partition coefficient (Wildman–Crippen LogP) is 3.14. The Labute approximate surface area is 153 Å². The summed E-state index contributed by atoms with van der Waals surface area (Å²) in [6.07, 6.45) is 4.45. The quantitative estimate of drug-likeness (QED) is 0.896. The van der Waals surface area contributed by atoms with Crippen LogP contribution in [0.2, 0.25) is 0 Å². The second kappa shape index (κ2) is 6.83. The number of hydrogen-bond acceptors (Lipinski definition) is 5. The maximum absolute atomic E-state index is 13.3. The van der Waals surface area contributed by atoms with E-state index in [1.165, 1.54) is 24.5 Å². The van der Waals surface area contributed by atoms with Gasteiger partial charge in [-0.05, 0) is 63.9 Å². The van der Waals surface area contributed by atoms with Crippen LogP contribution >= 0.6 is 0 Å². The Morgan fingerprint density at radius 2 is 2.04 bits per heavy atom. The topological polar surface area (TPSA) is 52.5 Å². The van der Waals surface area contributed by atoms with Crippen LogP contribution in [-0.2, 0) is 6.42 Å². The molecule has 5 nitrogen and oxygen atoms in total. The highest BCUT2D eigenvalue weighted by Crippen LogP contribution is 2.37. The third-order valence-electron chi connectivity index (χ3n) is 5.68. The van der Waals surface area contributed by atoms with Crippen molar-refractivity contribution in [3.63, 3.8) is 0 Å². The predicted molar refractivity (Wildman–Crippen MR) is 100 cm³/mol. The average Bonchev–Trinajstić information content (AvgIpc) is 2.62. The number of rotatable bonds is 2. The maximum atomic E-state index is 13.3. The molecule has 4 rings (SSSR count). The number of likely N-dealkylation sites (tertiary alicyclic amines) is 1. The minimum atomic E-state index is -0.456. The molecule has 1 fully saturated rings. The van der Waals surface area contributed by atoms with Crippen molar-refractivity contribution in [2.24, 2.45) is 0 Å². The summed E-state index contributed by atoms with van der Waals surface area (Å²) in [6, 6.07) is 4.52. The summed E-state index contributed by atoms with van der Waals surface area (Å²) in [7, 11) is 2.17. The van der Waals surface area contributed by atoms with E-state index in [1.807, 2.05) is 6.92 Å². The monoisotopic (exact) mass is 356 g/mol. The highest BCUT2D eigenvalue weighted by Gasteiger charge is 2.30. The summed E-state index contributed by atoms with van der Waals surface area (Å²) in [4.78, 5) is 4.80. The molecule has 1 aromatic heterocycles. The SMILES string of the molecule is Cc1c(-c2ccc(F)cc2O)nnc2c1CCCN2[C@@H]1CCCN(C)C1. The number of likely N-dealkylation sites (N-methyl/N-ethyl adjacent to an activating group) is 1. The highest BCUT2D eigenvalue weighted by atomic mass is 19.1. The van der Waals surface area contributed by atoms with Gasteiger partial charge in [-0.3, -0.25) is 0 Å². The number of phenolic OH excluding ortho intramolecular Hbond substituents is 1. The zero-order valence-corrected chi connectivity index (χ0v) is 15.4. The van der Waals surface area contributed by atoms with E-state index in [1.54, 1.807) is 6.07 Å². The van der Waals surface area contributed by atoms with Gasteiger partial charge in [0.25, 0.3) is 0 Å². The average molecular weight is 356 g/mol. The third-order valence-corrected chi connectivity index (χ3v) is 5.68. The number of halogens is 1. The lowest BCUT2D eigenvalue weighted by atomic mass is 9.94. The van der Waals surface area contributed by atoms with Crippen LogP contribution in [0.3, 0.4) is 0 Å². The van der Waals surface area contributed by atoms with Crippen LogP contribution in [-0.4, -0.2) is 52.9 Å². The fourth-order valence-corrected chi connectivity index (χ4v) is 4.32. The molecule has 1 aromatic carbocycles. The van der Waals surface area contributed by atoms with Crippen molar-refractivity contribution < 1.29 is 9.50 Å². The molecule has 0 spiro atoms. The van der Waals surface area contributed by atoms with Crippen molar-refractivity contribution >= 4 is 5.82 Å². The fourth-order valence-electron chi connectivity index (χ4n) is 4.32. The molecule has 2 aromatic rings. The molecule has 0 saturated carbocycles. The Morgan fingerprint density at radius 3 is 2.81 bits per heavy atom. The summed E-state index contributed by atoms with van der Waals surface area (Å²) in [5, 5.41) is 19.1. The Hall–Kier alpha value is -2.21. The number of aromatic hydroxyl groups is 1. The van der Waals surface area contributed by atoms with Crippen molar-refractivity contribution in [1.29, 1.82) is 0 Å². The van der Waals surface area contributed by atoms with E-state index in [9.17, 15) is 9.50 Å². The van der Waals surface area contributed by atoms with E-state index in [-0.39, 0.29) is 5.75 Å². The molecule has 1 N–H and O–H groups in total.